The first kappa shape index (κ1) is 25.4. The van der Waals surface area contributed by atoms with Crippen molar-refractivity contribution in [3.63, 3.8) is 0 Å². The van der Waals surface area contributed by atoms with Crippen LogP contribution in [0.3, 0.4) is 0 Å². The van der Waals surface area contributed by atoms with Gasteiger partial charge < -0.3 is 26.1 Å². The molecular formula is C25H31ClN8O2. The summed E-state index contributed by atoms with van der Waals surface area (Å²) >= 11 is 6.75. The minimum absolute atomic E-state index is 0.0517. The predicted octanol–water partition coefficient (Wildman–Crippen LogP) is 3.37. The number of amides is 1. The third kappa shape index (κ3) is 4.26. The molecule has 0 radical (unpaired) electrons. The lowest BCUT2D eigenvalue weighted by atomic mass is 9.84. The van der Waals surface area contributed by atoms with Gasteiger partial charge in [0.2, 0.25) is 0 Å². The molecule has 0 saturated carbocycles. The molecule has 11 heteroatoms. The summed E-state index contributed by atoms with van der Waals surface area (Å²) in [6, 6.07) is 1.67. The van der Waals surface area contributed by atoms with Gasteiger partial charge >= 0.3 is 0 Å². The molecule has 0 bridgehead atoms. The number of fused-ring (bicyclic) bond motifs is 1. The van der Waals surface area contributed by atoms with E-state index in [1.807, 2.05) is 38.4 Å². The van der Waals surface area contributed by atoms with Gasteiger partial charge in [0.05, 0.1) is 29.3 Å². The first-order chi connectivity index (χ1) is 17.2. The lowest BCUT2D eigenvalue weighted by molar-refractivity contribution is -0.130. The van der Waals surface area contributed by atoms with Gasteiger partial charge in [0, 0.05) is 54.6 Å². The first-order valence-corrected chi connectivity index (χ1v) is 12.2. The highest BCUT2D eigenvalue weighted by atomic mass is 35.5. The van der Waals surface area contributed by atoms with Gasteiger partial charge in [0.25, 0.3) is 5.91 Å². The zero-order valence-electron chi connectivity index (χ0n) is 21.1. The van der Waals surface area contributed by atoms with E-state index in [1.165, 1.54) is 12.5 Å². The lowest BCUT2D eigenvalue weighted by Gasteiger charge is -2.41. The van der Waals surface area contributed by atoms with Crippen LogP contribution in [0, 0.1) is 19.3 Å². The van der Waals surface area contributed by atoms with Crippen LogP contribution < -0.4 is 15.8 Å². The summed E-state index contributed by atoms with van der Waals surface area (Å²) in [6.07, 6.45) is 4.03. The van der Waals surface area contributed by atoms with E-state index < -0.39 is 0 Å². The highest BCUT2D eigenvalue weighted by Gasteiger charge is 2.37. The summed E-state index contributed by atoms with van der Waals surface area (Å²) in [5.41, 5.74) is 10.6. The molecule has 1 unspecified atom stereocenters. The molecule has 4 rings (SSSR count). The zero-order valence-corrected chi connectivity index (χ0v) is 21.8. The number of benzene rings is 1. The Kier molecular flexibility index (Phi) is 7.16. The van der Waals surface area contributed by atoms with E-state index in [1.54, 1.807) is 11.9 Å². The van der Waals surface area contributed by atoms with E-state index >= 15 is 0 Å². The van der Waals surface area contributed by atoms with Crippen LogP contribution in [0.4, 0.5) is 5.82 Å². The van der Waals surface area contributed by atoms with Crippen molar-refractivity contribution in [2.75, 3.05) is 32.5 Å². The van der Waals surface area contributed by atoms with Crippen LogP contribution in [0.1, 0.15) is 48.2 Å². The molecule has 1 saturated heterocycles. The number of nitrogens with zero attached hydrogens (tertiary/aromatic N) is 5. The molecule has 1 aliphatic heterocycles. The van der Waals surface area contributed by atoms with Gasteiger partial charge in [-0.3, -0.25) is 4.79 Å². The van der Waals surface area contributed by atoms with Crippen molar-refractivity contribution in [1.29, 1.82) is 5.41 Å². The number of likely N-dealkylation sites (tertiary alicyclic amines) is 1. The fourth-order valence-corrected chi connectivity index (χ4v) is 4.99. The summed E-state index contributed by atoms with van der Waals surface area (Å²) in [5.74, 6) is 1.01. The number of ether oxygens (including phenoxy) is 1. The number of nitrogens with two attached hydrogens (primary N) is 1. The maximum Gasteiger partial charge on any atom is 0.256 e. The molecule has 1 fully saturated rings. The van der Waals surface area contributed by atoms with Crippen LogP contribution in [0.2, 0.25) is 5.02 Å². The van der Waals surface area contributed by atoms with Crippen molar-refractivity contribution in [2.24, 2.45) is 0 Å². The molecule has 3 aromatic rings. The molecule has 1 aromatic carbocycles. The number of aryl methyl sites for hydroxylation is 1. The van der Waals surface area contributed by atoms with Crippen molar-refractivity contribution >= 4 is 40.6 Å². The minimum atomic E-state index is -0.255. The van der Waals surface area contributed by atoms with Crippen LogP contribution in [-0.4, -0.2) is 63.5 Å². The van der Waals surface area contributed by atoms with Crippen LogP contribution >= 0.6 is 11.6 Å². The SMILES string of the molecule is CCOc1c(C(C)n2nc(C)c3c(N)ncnc32)cc(Cl)c(C)c1C1CN(C(=O)/C(C=N)=C/NC)C1. The normalized spacial score (nSPS) is 15.1. The Bertz CT molecular complexity index is 1360. The second-order valence-electron chi connectivity index (χ2n) is 8.85. The Morgan fingerprint density at radius 1 is 1.39 bits per heavy atom. The van der Waals surface area contributed by atoms with Crippen LogP contribution in [-0.2, 0) is 4.79 Å². The van der Waals surface area contributed by atoms with Gasteiger partial charge in [-0.1, -0.05) is 11.6 Å². The number of anilines is 1. The van der Waals surface area contributed by atoms with Crippen molar-refractivity contribution in [1.82, 2.24) is 30.0 Å². The summed E-state index contributed by atoms with van der Waals surface area (Å²) in [6.45, 7) is 9.32. The quantitative estimate of drug-likeness (QED) is 0.312. The molecule has 1 aliphatic rings. The molecule has 0 aliphatic carbocycles. The molecule has 1 atom stereocenters. The smallest absolute Gasteiger partial charge is 0.256 e. The molecule has 2 aromatic heterocycles. The molecule has 190 valence electrons. The van der Waals surface area contributed by atoms with E-state index in [9.17, 15) is 4.79 Å². The van der Waals surface area contributed by atoms with E-state index in [0.717, 1.165) is 39.7 Å². The Labute approximate surface area is 215 Å². The number of carbonyl (C=O) groups is 1. The molecule has 1 amide bonds. The number of carbonyl (C=O) groups excluding carboxylic acids is 1. The van der Waals surface area contributed by atoms with Gasteiger partial charge in [-0.05, 0) is 39.3 Å². The lowest BCUT2D eigenvalue weighted by Crippen LogP contribution is -2.49. The number of hydrogen-bond acceptors (Lipinski definition) is 8. The fraction of sp³-hybridized carbons (Fsp3) is 0.400. The summed E-state index contributed by atoms with van der Waals surface area (Å²) < 4.78 is 8.06. The van der Waals surface area contributed by atoms with E-state index in [4.69, 9.17) is 32.6 Å². The number of hydrogen-bond donors (Lipinski definition) is 3. The summed E-state index contributed by atoms with van der Waals surface area (Å²) in [5, 5.41) is 16.4. The number of halogens is 1. The monoisotopic (exact) mass is 510 g/mol. The number of nitrogen functional groups attached to an aromatic ring is 1. The van der Waals surface area contributed by atoms with E-state index in [-0.39, 0.29) is 17.9 Å². The maximum absolute atomic E-state index is 12.8. The van der Waals surface area contributed by atoms with Crippen molar-refractivity contribution < 1.29 is 9.53 Å². The van der Waals surface area contributed by atoms with E-state index in [0.29, 0.717) is 41.8 Å². The van der Waals surface area contributed by atoms with Gasteiger partial charge in [-0.25, -0.2) is 14.6 Å². The number of rotatable bonds is 8. The Morgan fingerprint density at radius 3 is 2.75 bits per heavy atom. The third-order valence-electron chi connectivity index (χ3n) is 6.63. The third-order valence-corrected chi connectivity index (χ3v) is 7.02. The molecule has 36 heavy (non-hydrogen) atoms. The second kappa shape index (κ2) is 10.1. The van der Waals surface area contributed by atoms with E-state index in [2.05, 4.69) is 15.3 Å². The molecular weight excluding hydrogens is 480 g/mol. The molecule has 4 N–H and O–H groups in total. The van der Waals surface area contributed by atoms with Crippen LogP contribution in [0.25, 0.3) is 11.0 Å². The number of aromatic nitrogens is 4. The van der Waals surface area contributed by atoms with Gasteiger partial charge in [0.1, 0.15) is 17.9 Å². The highest BCUT2D eigenvalue weighted by Crippen LogP contribution is 2.44. The Morgan fingerprint density at radius 2 is 2.11 bits per heavy atom. The zero-order chi connectivity index (χ0) is 26.1. The van der Waals surface area contributed by atoms with Gasteiger partial charge in [0.15, 0.2) is 5.65 Å². The average molecular weight is 511 g/mol. The van der Waals surface area contributed by atoms with Crippen LogP contribution in [0.15, 0.2) is 24.2 Å². The molecule has 3 heterocycles. The van der Waals surface area contributed by atoms with Crippen molar-refractivity contribution in [3.05, 3.63) is 51.6 Å². The molecule has 0 spiro atoms. The number of nitrogens with one attached hydrogen (secondary N) is 2. The van der Waals surface area contributed by atoms with Gasteiger partial charge in [-0.2, -0.15) is 5.10 Å². The van der Waals surface area contributed by atoms with Crippen LogP contribution in [0.5, 0.6) is 5.75 Å². The minimum Gasteiger partial charge on any atom is -0.493 e. The Balaban J connectivity index is 1.75. The maximum atomic E-state index is 12.8. The summed E-state index contributed by atoms with van der Waals surface area (Å²) in [7, 11) is 1.70. The first-order valence-electron chi connectivity index (χ1n) is 11.8. The second-order valence-corrected chi connectivity index (χ2v) is 9.26. The average Bonchev–Trinajstić information content (AvgIpc) is 3.17. The fourth-order valence-electron chi connectivity index (χ4n) is 4.77. The van der Waals surface area contributed by atoms with Crippen molar-refractivity contribution in [3.8, 4) is 5.75 Å². The summed E-state index contributed by atoms with van der Waals surface area (Å²) in [4.78, 5) is 23.0. The standard InChI is InChI=1S/C25H31ClN8O2/c1-6-36-22-18(15(4)34-24-21(14(3)32-34)23(28)30-12-31-24)7-19(26)13(2)20(22)17-10-33(11-17)25(35)16(8-27)9-29-5/h7-9,12,15,17,27,29H,6,10-11H2,1-5H3,(H2,28,30,31)/b16-9+,27-8?. The molecule has 10 nitrogen and oxygen atoms in total. The predicted molar refractivity (Wildman–Crippen MR) is 141 cm³/mol. The largest absolute Gasteiger partial charge is 0.493 e. The van der Waals surface area contributed by atoms with Gasteiger partial charge in [-0.15, -0.1) is 0 Å². The Hall–Kier alpha value is -3.66. The highest BCUT2D eigenvalue weighted by molar-refractivity contribution is 6.31. The topological polar surface area (TPSA) is 135 Å². The van der Waals surface area contributed by atoms with Crippen molar-refractivity contribution in [2.45, 2.75) is 39.7 Å².